The molecule has 0 aromatic heterocycles. The molecule has 1 saturated carbocycles. The lowest BCUT2D eigenvalue weighted by atomic mass is 9.84. The molecule has 0 aliphatic heterocycles. The van der Waals surface area contributed by atoms with E-state index < -0.39 is 0 Å². The van der Waals surface area contributed by atoms with E-state index in [-0.39, 0.29) is 0 Å². The van der Waals surface area contributed by atoms with E-state index in [2.05, 4.69) is 34.1 Å². The van der Waals surface area contributed by atoms with Crippen LogP contribution in [0.5, 0.6) is 5.75 Å². The molecule has 0 N–H and O–H groups in total. The zero-order valence-electron chi connectivity index (χ0n) is 11.0. The van der Waals surface area contributed by atoms with E-state index in [0.29, 0.717) is 0 Å². The Morgan fingerprint density at radius 1 is 1.22 bits per heavy atom. The van der Waals surface area contributed by atoms with Gasteiger partial charge in [-0.05, 0) is 36.5 Å². The normalized spacial score (nSPS) is 17.8. The molecule has 0 heterocycles. The third-order valence-corrected chi connectivity index (χ3v) is 4.40. The summed E-state index contributed by atoms with van der Waals surface area (Å²) in [5, 5.41) is 0.990. The van der Waals surface area contributed by atoms with Gasteiger partial charge in [0.2, 0.25) is 0 Å². The second-order valence-electron chi connectivity index (χ2n) is 4.96. The van der Waals surface area contributed by atoms with Crippen LogP contribution in [0.25, 0.3) is 6.08 Å². The lowest BCUT2D eigenvalue weighted by molar-refractivity contribution is 0.405. The SMILES string of the molecule is COc1ccc(C=C(CBr)C2CCCCC2)cc1. The summed E-state index contributed by atoms with van der Waals surface area (Å²) in [6.45, 7) is 0. The van der Waals surface area contributed by atoms with Crippen molar-refractivity contribution in [3.05, 3.63) is 35.4 Å². The Kier molecular flexibility index (Phi) is 5.30. The van der Waals surface area contributed by atoms with Gasteiger partial charge in [0.25, 0.3) is 0 Å². The zero-order valence-corrected chi connectivity index (χ0v) is 12.6. The minimum atomic E-state index is 0.778. The summed E-state index contributed by atoms with van der Waals surface area (Å²) >= 11 is 3.64. The van der Waals surface area contributed by atoms with Gasteiger partial charge in [-0.1, -0.05) is 59.0 Å². The van der Waals surface area contributed by atoms with Crippen molar-refractivity contribution in [3.8, 4) is 5.75 Å². The van der Waals surface area contributed by atoms with Crippen molar-refractivity contribution in [2.24, 2.45) is 5.92 Å². The molecule has 0 bridgehead atoms. The van der Waals surface area contributed by atoms with Crippen molar-refractivity contribution in [2.75, 3.05) is 12.4 Å². The number of hydrogen-bond acceptors (Lipinski definition) is 1. The van der Waals surface area contributed by atoms with Crippen LogP contribution in [0.15, 0.2) is 29.8 Å². The molecule has 0 unspecified atom stereocenters. The summed E-state index contributed by atoms with van der Waals surface area (Å²) in [7, 11) is 1.71. The third kappa shape index (κ3) is 3.61. The van der Waals surface area contributed by atoms with Crippen LogP contribution in [-0.4, -0.2) is 12.4 Å². The first-order valence-electron chi connectivity index (χ1n) is 6.74. The fourth-order valence-electron chi connectivity index (χ4n) is 2.65. The van der Waals surface area contributed by atoms with Gasteiger partial charge in [-0.25, -0.2) is 0 Å². The fourth-order valence-corrected chi connectivity index (χ4v) is 3.27. The molecule has 1 aliphatic rings. The van der Waals surface area contributed by atoms with Crippen LogP contribution in [0.1, 0.15) is 37.7 Å². The first kappa shape index (κ1) is 13.7. The van der Waals surface area contributed by atoms with Crippen molar-refractivity contribution in [1.82, 2.24) is 0 Å². The highest BCUT2D eigenvalue weighted by Crippen LogP contribution is 2.31. The lowest BCUT2D eigenvalue weighted by Crippen LogP contribution is -2.10. The second-order valence-corrected chi connectivity index (χ2v) is 5.52. The van der Waals surface area contributed by atoms with E-state index in [0.717, 1.165) is 17.0 Å². The highest BCUT2D eigenvalue weighted by atomic mass is 79.9. The van der Waals surface area contributed by atoms with Gasteiger partial charge in [-0.15, -0.1) is 0 Å². The molecular formula is C16H21BrO. The van der Waals surface area contributed by atoms with E-state index in [4.69, 9.17) is 4.74 Å². The number of allylic oxidation sites excluding steroid dienone is 1. The standard InChI is InChI=1S/C16H21BrO/c1-18-16-9-7-13(8-10-16)11-15(12-17)14-5-3-2-4-6-14/h7-11,14H,2-6,12H2,1H3. The molecule has 0 atom stereocenters. The molecule has 1 nitrogen and oxygen atoms in total. The largest absolute Gasteiger partial charge is 0.497 e. The van der Waals surface area contributed by atoms with E-state index in [1.54, 1.807) is 12.7 Å². The Hall–Kier alpha value is -0.760. The smallest absolute Gasteiger partial charge is 0.118 e. The Bertz CT molecular complexity index is 388. The van der Waals surface area contributed by atoms with Crippen LogP contribution < -0.4 is 4.74 Å². The summed E-state index contributed by atoms with van der Waals surface area (Å²) in [6.07, 6.45) is 9.23. The van der Waals surface area contributed by atoms with Crippen molar-refractivity contribution in [1.29, 1.82) is 0 Å². The summed E-state index contributed by atoms with van der Waals surface area (Å²) in [5.74, 6) is 1.70. The first-order chi connectivity index (χ1) is 8.83. The molecule has 0 spiro atoms. The number of benzene rings is 1. The first-order valence-corrected chi connectivity index (χ1v) is 7.86. The van der Waals surface area contributed by atoms with E-state index >= 15 is 0 Å². The Morgan fingerprint density at radius 2 is 1.89 bits per heavy atom. The highest BCUT2D eigenvalue weighted by Gasteiger charge is 2.16. The summed E-state index contributed by atoms with van der Waals surface area (Å²) in [6, 6.07) is 8.31. The van der Waals surface area contributed by atoms with Gasteiger partial charge in [-0.3, -0.25) is 0 Å². The van der Waals surface area contributed by atoms with E-state index in [1.165, 1.54) is 37.7 Å². The summed E-state index contributed by atoms with van der Waals surface area (Å²) < 4.78 is 5.19. The van der Waals surface area contributed by atoms with Crippen molar-refractivity contribution < 1.29 is 4.74 Å². The molecule has 1 aromatic rings. The van der Waals surface area contributed by atoms with Crippen molar-refractivity contribution in [2.45, 2.75) is 32.1 Å². The monoisotopic (exact) mass is 308 g/mol. The van der Waals surface area contributed by atoms with Crippen LogP contribution in [0.2, 0.25) is 0 Å². The maximum atomic E-state index is 5.19. The molecule has 0 saturated heterocycles. The van der Waals surface area contributed by atoms with Crippen LogP contribution in [0.4, 0.5) is 0 Å². The van der Waals surface area contributed by atoms with Gasteiger partial charge in [0.1, 0.15) is 5.75 Å². The number of halogens is 1. The predicted molar refractivity (Wildman–Crippen MR) is 81.3 cm³/mol. The zero-order chi connectivity index (χ0) is 12.8. The minimum absolute atomic E-state index is 0.778. The van der Waals surface area contributed by atoms with Crippen molar-refractivity contribution >= 4 is 22.0 Å². The molecule has 2 heteroatoms. The van der Waals surface area contributed by atoms with Crippen LogP contribution in [0, 0.1) is 5.92 Å². The average molecular weight is 309 g/mol. The average Bonchev–Trinajstić information content (AvgIpc) is 2.46. The van der Waals surface area contributed by atoms with Gasteiger partial charge in [-0.2, -0.15) is 0 Å². The molecule has 18 heavy (non-hydrogen) atoms. The van der Waals surface area contributed by atoms with Crippen LogP contribution >= 0.6 is 15.9 Å². The Labute approximate surface area is 118 Å². The van der Waals surface area contributed by atoms with Gasteiger partial charge >= 0.3 is 0 Å². The van der Waals surface area contributed by atoms with Gasteiger partial charge in [0.15, 0.2) is 0 Å². The number of alkyl halides is 1. The topological polar surface area (TPSA) is 9.23 Å². The molecule has 0 amide bonds. The van der Waals surface area contributed by atoms with Gasteiger partial charge < -0.3 is 4.74 Å². The van der Waals surface area contributed by atoms with Gasteiger partial charge in [0, 0.05) is 5.33 Å². The fraction of sp³-hybridized carbons (Fsp3) is 0.500. The van der Waals surface area contributed by atoms with Gasteiger partial charge in [0.05, 0.1) is 7.11 Å². The maximum Gasteiger partial charge on any atom is 0.118 e. The highest BCUT2D eigenvalue weighted by molar-refractivity contribution is 9.09. The number of methoxy groups -OCH3 is 1. The molecule has 1 aromatic carbocycles. The lowest BCUT2D eigenvalue weighted by Gasteiger charge is -2.23. The number of rotatable bonds is 4. The molecular weight excluding hydrogens is 288 g/mol. The predicted octanol–water partition coefficient (Wildman–Crippen LogP) is 5.05. The molecule has 1 aliphatic carbocycles. The molecule has 98 valence electrons. The Balaban J connectivity index is 2.11. The maximum absolute atomic E-state index is 5.19. The van der Waals surface area contributed by atoms with E-state index in [1.807, 2.05) is 12.1 Å². The summed E-state index contributed by atoms with van der Waals surface area (Å²) in [4.78, 5) is 0. The summed E-state index contributed by atoms with van der Waals surface area (Å²) in [5.41, 5.74) is 2.82. The third-order valence-electron chi connectivity index (χ3n) is 3.75. The van der Waals surface area contributed by atoms with E-state index in [9.17, 15) is 0 Å². The number of hydrogen-bond donors (Lipinski definition) is 0. The van der Waals surface area contributed by atoms with Crippen LogP contribution in [-0.2, 0) is 0 Å². The Morgan fingerprint density at radius 3 is 2.44 bits per heavy atom. The molecule has 0 radical (unpaired) electrons. The van der Waals surface area contributed by atoms with Crippen LogP contribution in [0.3, 0.4) is 0 Å². The molecule has 1 fully saturated rings. The minimum Gasteiger partial charge on any atom is -0.497 e. The quantitative estimate of drug-likeness (QED) is 0.707. The second kappa shape index (κ2) is 6.98. The van der Waals surface area contributed by atoms with Crippen molar-refractivity contribution in [3.63, 3.8) is 0 Å². The molecule has 2 rings (SSSR count). The number of ether oxygens (including phenoxy) is 1.